The van der Waals surface area contributed by atoms with Crippen molar-refractivity contribution in [2.24, 2.45) is 0 Å². The molecule has 1 heterocycles. The van der Waals surface area contributed by atoms with Crippen molar-refractivity contribution in [2.75, 3.05) is 6.54 Å². The molecular formula is C9H15ClN2O. The quantitative estimate of drug-likeness (QED) is 0.765. The minimum atomic E-state index is -0.297. The van der Waals surface area contributed by atoms with E-state index in [1.807, 2.05) is 18.2 Å². The third-order valence-electron chi connectivity index (χ3n) is 1.47. The topological polar surface area (TPSA) is 45.1 Å². The summed E-state index contributed by atoms with van der Waals surface area (Å²) >= 11 is 0. The Labute approximate surface area is 84.6 Å². The second-order valence-corrected chi connectivity index (χ2v) is 2.80. The second kappa shape index (κ2) is 6.83. The van der Waals surface area contributed by atoms with E-state index in [-0.39, 0.29) is 18.5 Å². The molecule has 0 radical (unpaired) electrons. The summed E-state index contributed by atoms with van der Waals surface area (Å²) in [5.74, 6) is 0. The minimum absolute atomic E-state index is 0. The highest BCUT2D eigenvalue weighted by Crippen LogP contribution is 1.91. The van der Waals surface area contributed by atoms with Gasteiger partial charge in [0.25, 0.3) is 0 Å². The van der Waals surface area contributed by atoms with E-state index in [1.165, 1.54) is 0 Å². The Morgan fingerprint density at radius 3 is 2.85 bits per heavy atom. The van der Waals surface area contributed by atoms with E-state index in [0.29, 0.717) is 13.1 Å². The SMILES string of the molecule is CC(O)CNCc1ccccn1.Cl. The van der Waals surface area contributed by atoms with E-state index in [9.17, 15) is 0 Å². The number of hydrogen-bond donors (Lipinski definition) is 2. The molecule has 0 aliphatic heterocycles. The zero-order chi connectivity index (χ0) is 8.81. The maximum atomic E-state index is 8.95. The van der Waals surface area contributed by atoms with E-state index in [2.05, 4.69) is 10.3 Å². The van der Waals surface area contributed by atoms with Crippen LogP contribution in [0.15, 0.2) is 24.4 Å². The van der Waals surface area contributed by atoms with Crippen LogP contribution in [0.3, 0.4) is 0 Å². The summed E-state index contributed by atoms with van der Waals surface area (Å²) in [6.07, 6.45) is 1.47. The van der Waals surface area contributed by atoms with Crippen LogP contribution in [-0.4, -0.2) is 22.7 Å². The highest BCUT2D eigenvalue weighted by atomic mass is 35.5. The zero-order valence-corrected chi connectivity index (χ0v) is 8.42. The van der Waals surface area contributed by atoms with Gasteiger partial charge in [-0.25, -0.2) is 0 Å². The molecule has 74 valence electrons. The lowest BCUT2D eigenvalue weighted by Crippen LogP contribution is -2.24. The Balaban J connectivity index is 0.00000144. The molecule has 0 spiro atoms. The van der Waals surface area contributed by atoms with Gasteiger partial charge in [-0.15, -0.1) is 12.4 Å². The van der Waals surface area contributed by atoms with Crippen molar-refractivity contribution in [1.82, 2.24) is 10.3 Å². The maximum Gasteiger partial charge on any atom is 0.0636 e. The van der Waals surface area contributed by atoms with Gasteiger partial charge in [-0.05, 0) is 19.1 Å². The summed E-state index contributed by atoms with van der Waals surface area (Å²) in [5, 5.41) is 12.0. The second-order valence-electron chi connectivity index (χ2n) is 2.80. The summed E-state index contributed by atoms with van der Waals surface area (Å²) in [5.41, 5.74) is 0.998. The first-order valence-corrected chi connectivity index (χ1v) is 4.07. The Hall–Kier alpha value is -0.640. The molecule has 0 aromatic carbocycles. The number of hydrogen-bond acceptors (Lipinski definition) is 3. The molecular weight excluding hydrogens is 188 g/mol. The molecule has 1 rings (SSSR count). The van der Waals surface area contributed by atoms with E-state index in [0.717, 1.165) is 5.69 Å². The molecule has 0 aliphatic carbocycles. The first-order chi connectivity index (χ1) is 5.79. The monoisotopic (exact) mass is 202 g/mol. The smallest absolute Gasteiger partial charge is 0.0636 e. The lowest BCUT2D eigenvalue weighted by atomic mass is 10.3. The first kappa shape index (κ1) is 12.4. The third-order valence-corrected chi connectivity index (χ3v) is 1.47. The van der Waals surface area contributed by atoms with Crippen molar-refractivity contribution in [1.29, 1.82) is 0 Å². The fourth-order valence-electron chi connectivity index (χ4n) is 0.912. The maximum absolute atomic E-state index is 8.95. The van der Waals surface area contributed by atoms with Crippen molar-refractivity contribution >= 4 is 12.4 Å². The molecule has 0 fully saturated rings. The molecule has 4 heteroatoms. The molecule has 0 saturated heterocycles. The number of halogens is 1. The molecule has 2 N–H and O–H groups in total. The molecule has 0 saturated carbocycles. The van der Waals surface area contributed by atoms with Gasteiger partial charge in [0, 0.05) is 19.3 Å². The normalized spacial score (nSPS) is 11.8. The molecule has 1 unspecified atom stereocenters. The van der Waals surface area contributed by atoms with Crippen molar-refractivity contribution < 1.29 is 5.11 Å². The van der Waals surface area contributed by atoms with Crippen molar-refractivity contribution in [3.63, 3.8) is 0 Å². The van der Waals surface area contributed by atoms with Gasteiger partial charge in [0.2, 0.25) is 0 Å². The van der Waals surface area contributed by atoms with Crippen LogP contribution < -0.4 is 5.32 Å². The van der Waals surface area contributed by atoms with Crippen LogP contribution in [0.25, 0.3) is 0 Å². The average Bonchev–Trinajstić information content (AvgIpc) is 2.05. The number of aromatic nitrogens is 1. The summed E-state index contributed by atoms with van der Waals surface area (Å²) in [7, 11) is 0. The summed E-state index contributed by atoms with van der Waals surface area (Å²) in [4.78, 5) is 4.13. The van der Waals surface area contributed by atoms with Crippen molar-refractivity contribution in [2.45, 2.75) is 19.6 Å². The van der Waals surface area contributed by atoms with Crippen LogP contribution >= 0.6 is 12.4 Å². The number of aliphatic hydroxyl groups is 1. The predicted molar refractivity (Wildman–Crippen MR) is 54.9 cm³/mol. The molecule has 3 nitrogen and oxygen atoms in total. The number of nitrogens with zero attached hydrogens (tertiary/aromatic N) is 1. The lowest BCUT2D eigenvalue weighted by Gasteiger charge is -2.05. The fraction of sp³-hybridized carbons (Fsp3) is 0.444. The third kappa shape index (κ3) is 5.58. The zero-order valence-electron chi connectivity index (χ0n) is 7.60. The van der Waals surface area contributed by atoms with E-state index in [1.54, 1.807) is 13.1 Å². The Kier molecular flexibility index (Phi) is 6.49. The molecule has 0 bridgehead atoms. The first-order valence-electron chi connectivity index (χ1n) is 4.07. The van der Waals surface area contributed by atoms with Gasteiger partial charge in [0.15, 0.2) is 0 Å². The lowest BCUT2D eigenvalue weighted by molar-refractivity contribution is 0.191. The van der Waals surface area contributed by atoms with Crippen molar-refractivity contribution in [3.05, 3.63) is 30.1 Å². The van der Waals surface area contributed by atoms with Crippen LogP contribution in [-0.2, 0) is 6.54 Å². The molecule has 13 heavy (non-hydrogen) atoms. The minimum Gasteiger partial charge on any atom is -0.392 e. The van der Waals surface area contributed by atoms with Crippen LogP contribution in [0.1, 0.15) is 12.6 Å². The molecule has 1 atom stereocenters. The highest BCUT2D eigenvalue weighted by Gasteiger charge is 1.95. The van der Waals surface area contributed by atoms with Gasteiger partial charge in [0.05, 0.1) is 11.8 Å². The van der Waals surface area contributed by atoms with Gasteiger partial charge in [-0.1, -0.05) is 6.07 Å². The highest BCUT2D eigenvalue weighted by molar-refractivity contribution is 5.85. The number of pyridine rings is 1. The predicted octanol–water partition coefficient (Wildman–Crippen LogP) is 0.974. The molecule has 0 aliphatic rings. The van der Waals surface area contributed by atoms with Crippen LogP contribution in [0, 0.1) is 0 Å². The summed E-state index contributed by atoms with van der Waals surface area (Å²) in [6, 6.07) is 5.79. The summed E-state index contributed by atoms with van der Waals surface area (Å²) in [6.45, 7) is 3.08. The largest absolute Gasteiger partial charge is 0.392 e. The van der Waals surface area contributed by atoms with E-state index < -0.39 is 0 Å². The number of rotatable bonds is 4. The average molecular weight is 203 g/mol. The standard InChI is InChI=1S/C9H14N2O.ClH/c1-8(12)6-10-7-9-4-2-3-5-11-9;/h2-5,8,10,12H,6-7H2,1H3;1H. The Morgan fingerprint density at radius 2 is 2.31 bits per heavy atom. The van der Waals surface area contributed by atoms with E-state index in [4.69, 9.17) is 5.11 Å². The van der Waals surface area contributed by atoms with Gasteiger partial charge >= 0.3 is 0 Å². The van der Waals surface area contributed by atoms with E-state index >= 15 is 0 Å². The van der Waals surface area contributed by atoms with Crippen LogP contribution in [0.2, 0.25) is 0 Å². The Bertz CT molecular complexity index is 216. The van der Waals surface area contributed by atoms with Gasteiger partial charge in [0.1, 0.15) is 0 Å². The fourth-order valence-corrected chi connectivity index (χ4v) is 0.912. The molecule has 1 aromatic rings. The number of aliphatic hydroxyl groups excluding tert-OH is 1. The van der Waals surface area contributed by atoms with Crippen molar-refractivity contribution in [3.8, 4) is 0 Å². The van der Waals surface area contributed by atoms with Gasteiger partial charge in [-0.3, -0.25) is 4.98 Å². The van der Waals surface area contributed by atoms with Gasteiger partial charge in [-0.2, -0.15) is 0 Å². The molecule has 0 amide bonds. The Morgan fingerprint density at radius 1 is 1.54 bits per heavy atom. The van der Waals surface area contributed by atoms with Crippen LogP contribution in [0.4, 0.5) is 0 Å². The number of nitrogens with one attached hydrogen (secondary N) is 1. The van der Waals surface area contributed by atoms with Crippen LogP contribution in [0.5, 0.6) is 0 Å². The summed E-state index contributed by atoms with van der Waals surface area (Å²) < 4.78 is 0. The molecule has 1 aromatic heterocycles. The van der Waals surface area contributed by atoms with Gasteiger partial charge < -0.3 is 10.4 Å².